The lowest BCUT2D eigenvalue weighted by Gasteiger charge is -2.25. The van der Waals surface area contributed by atoms with Gasteiger partial charge in [0.15, 0.2) is 0 Å². The lowest BCUT2D eigenvalue weighted by molar-refractivity contribution is -0.870. The third kappa shape index (κ3) is 48.1. The Morgan fingerprint density at radius 1 is 0.531 bits per heavy atom. The molecule has 0 heterocycles. The number of carbonyl (C=O) groups is 1. The number of nitrogens with one attached hydrogen (secondary N) is 1. The average molecular weight is 920 g/mol. The molecule has 0 aliphatic carbocycles. The first kappa shape index (κ1) is 62.2. The fourth-order valence-corrected chi connectivity index (χ4v) is 8.19. The highest BCUT2D eigenvalue weighted by Crippen LogP contribution is 2.43. The third-order valence-corrected chi connectivity index (χ3v) is 12.7. The summed E-state index contributed by atoms with van der Waals surface area (Å²) in [6, 6.07) is -0.871. The molecule has 0 aliphatic heterocycles. The molecule has 0 aromatic carbocycles. The van der Waals surface area contributed by atoms with Crippen LogP contribution in [0.25, 0.3) is 0 Å². The number of likely N-dealkylation sites (N-methyl/N-ethyl adjacent to an activating group) is 1. The lowest BCUT2D eigenvalue weighted by Crippen LogP contribution is -2.45. The Kier molecular flexibility index (Phi) is 45.0. The van der Waals surface area contributed by atoms with Gasteiger partial charge in [0.25, 0.3) is 0 Å². The van der Waals surface area contributed by atoms with Crippen molar-refractivity contribution in [3.05, 3.63) is 60.8 Å². The Balaban J connectivity index is 4.16. The van der Waals surface area contributed by atoms with Crippen LogP contribution in [-0.2, 0) is 18.4 Å². The van der Waals surface area contributed by atoms with E-state index in [4.69, 9.17) is 9.05 Å². The Morgan fingerprint density at radius 3 is 1.38 bits per heavy atom. The van der Waals surface area contributed by atoms with E-state index in [1.54, 1.807) is 6.08 Å². The van der Waals surface area contributed by atoms with Crippen molar-refractivity contribution in [1.29, 1.82) is 0 Å². The number of rotatable bonds is 48. The topological polar surface area (TPSA) is 105 Å². The van der Waals surface area contributed by atoms with Crippen LogP contribution < -0.4 is 5.32 Å². The minimum Gasteiger partial charge on any atom is -0.387 e. The van der Waals surface area contributed by atoms with Crippen molar-refractivity contribution < 1.29 is 32.9 Å². The van der Waals surface area contributed by atoms with Crippen LogP contribution in [0.4, 0.5) is 0 Å². The molecule has 3 unspecified atom stereocenters. The molecule has 3 N–H and O–H groups in total. The molecule has 374 valence electrons. The minimum atomic E-state index is -4.35. The Hall–Kier alpha value is -1.80. The average Bonchev–Trinajstić information content (AvgIpc) is 3.25. The van der Waals surface area contributed by atoms with Crippen molar-refractivity contribution in [2.75, 3.05) is 40.9 Å². The molecule has 0 saturated carbocycles. The van der Waals surface area contributed by atoms with Crippen LogP contribution in [0.2, 0.25) is 0 Å². The van der Waals surface area contributed by atoms with E-state index in [-0.39, 0.29) is 19.1 Å². The Labute approximate surface area is 396 Å². The molecule has 9 heteroatoms. The van der Waals surface area contributed by atoms with Gasteiger partial charge in [-0.3, -0.25) is 13.8 Å². The first-order valence-electron chi connectivity index (χ1n) is 26.7. The van der Waals surface area contributed by atoms with Crippen molar-refractivity contribution >= 4 is 13.7 Å². The number of phosphoric acid groups is 1. The zero-order valence-corrected chi connectivity index (χ0v) is 43.4. The standard InChI is InChI=1S/C55H103N2O6P/c1-6-8-10-12-14-16-18-20-21-22-23-24-25-26-27-28-29-30-31-32-33-34-35-37-39-41-43-45-47-49-55(59)56-53(52-63-64(60,61)62-51-50-57(3,4)5)54(58)48-46-44-42-40-38-36-19-17-15-13-11-9-7-2/h15,17,23-24,26-27,38,40,46,48,53-54,58H,6-14,16,18-22,25,28-37,39,41-45,47,49-52H2,1-5H3,(H-,56,59,60,61)/p+1/b17-15+,24-23-,27-26-,40-38+,48-46+. The zero-order valence-electron chi connectivity index (χ0n) is 42.5. The second-order valence-electron chi connectivity index (χ2n) is 19.2. The van der Waals surface area contributed by atoms with Crippen LogP contribution in [0.5, 0.6) is 0 Å². The molecular formula is C55H104N2O6P+. The highest BCUT2D eigenvalue weighted by molar-refractivity contribution is 7.47. The van der Waals surface area contributed by atoms with Crippen LogP contribution in [-0.4, -0.2) is 73.4 Å². The van der Waals surface area contributed by atoms with Gasteiger partial charge < -0.3 is 19.8 Å². The molecule has 0 aliphatic rings. The van der Waals surface area contributed by atoms with E-state index in [1.165, 1.54) is 154 Å². The summed E-state index contributed by atoms with van der Waals surface area (Å²) in [7, 11) is 1.54. The summed E-state index contributed by atoms with van der Waals surface area (Å²) in [5.41, 5.74) is 0. The molecule has 0 aromatic heterocycles. The number of aliphatic hydroxyl groups excluding tert-OH is 1. The molecule has 8 nitrogen and oxygen atoms in total. The quantitative estimate of drug-likeness (QED) is 0.0243. The number of nitrogens with zero attached hydrogens (tertiary/aromatic N) is 1. The van der Waals surface area contributed by atoms with E-state index in [0.717, 1.165) is 57.8 Å². The van der Waals surface area contributed by atoms with Crippen molar-refractivity contribution in [3.8, 4) is 0 Å². The van der Waals surface area contributed by atoms with Crippen molar-refractivity contribution in [1.82, 2.24) is 5.32 Å². The summed E-state index contributed by atoms with van der Waals surface area (Å²) in [6.07, 6.45) is 61.8. The van der Waals surface area contributed by atoms with Gasteiger partial charge >= 0.3 is 7.82 Å². The van der Waals surface area contributed by atoms with Gasteiger partial charge in [-0.25, -0.2) is 4.57 Å². The van der Waals surface area contributed by atoms with Crippen LogP contribution in [0.1, 0.15) is 232 Å². The smallest absolute Gasteiger partial charge is 0.387 e. The van der Waals surface area contributed by atoms with Crippen molar-refractivity contribution in [2.45, 2.75) is 244 Å². The van der Waals surface area contributed by atoms with Crippen molar-refractivity contribution in [3.63, 3.8) is 0 Å². The number of carbonyl (C=O) groups excluding carboxylic acids is 1. The number of allylic oxidation sites excluding steroid dienone is 9. The maximum absolute atomic E-state index is 12.9. The Morgan fingerprint density at radius 2 is 0.906 bits per heavy atom. The maximum atomic E-state index is 12.9. The summed E-state index contributed by atoms with van der Waals surface area (Å²) in [5.74, 6) is -0.193. The number of amides is 1. The predicted octanol–water partition coefficient (Wildman–Crippen LogP) is 15.8. The van der Waals surface area contributed by atoms with Gasteiger partial charge in [0.1, 0.15) is 13.2 Å². The highest BCUT2D eigenvalue weighted by atomic mass is 31.2. The van der Waals surface area contributed by atoms with Gasteiger partial charge in [-0.05, 0) is 77.0 Å². The monoisotopic (exact) mass is 920 g/mol. The molecule has 1 amide bonds. The molecule has 0 fully saturated rings. The number of phosphoric ester groups is 1. The molecule has 3 atom stereocenters. The van der Waals surface area contributed by atoms with E-state index in [0.29, 0.717) is 17.4 Å². The first-order chi connectivity index (χ1) is 31.0. The van der Waals surface area contributed by atoms with Gasteiger partial charge in [0, 0.05) is 6.42 Å². The number of unbranched alkanes of at least 4 members (excludes halogenated alkanes) is 27. The SMILES string of the molecule is CCCCC/C=C/CC/C=C/CC/C=C/C(O)C(COP(=O)(O)OCC[N+](C)(C)C)NC(=O)CCCCCCCCCCCCCCC/C=C\C/C=C\CCCCCCCCCCC. The molecule has 0 spiro atoms. The van der Waals surface area contributed by atoms with Gasteiger partial charge in [0.2, 0.25) is 5.91 Å². The van der Waals surface area contributed by atoms with E-state index >= 15 is 0 Å². The minimum absolute atomic E-state index is 0.0518. The van der Waals surface area contributed by atoms with E-state index in [2.05, 4.69) is 67.8 Å². The second-order valence-corrected chi connectivity index (χ2v) is 20.7. The fourth-order valence-electron chi connectivity index (χ4n) is 7.46. The summed E-state index contributed by atoms with van der Waals surface area (Å²) in [5, 5.41) is 13.8. The fraction of sp³-hybridized carbons (Fsp3) is 0.800. The Bertz CT molecular complexity index is 1230. The summed E-state index contributed by atoms with van der Waals surface area (Å²) >= 11 is 0. The van der Waals surface area contributed by atoms with Crippen LogP contribution in [0, 0.1) is 0 Å². The van der Waals surface area contributed by atoms with E-state index in [1.807, 2.05) is 27.2 Å². The number of aliphatic hydroxyl groups is 1. The molecule has 0 aromatic rings. The summed E-state index contributed by atoms with van der Waals surface area (Å²) < 4.78 is 23.6. The first-order valence-corrected chi connectivity index (χ1v) is 28.2. The predicted molar refractivity (Wildman–Crippen MR) is 277 cm³/mol. The normalized spacial score (nSPS) is 14.5. The molecule has 0 radical (unpaired) electrons. The van der Waals surface area contributed by atoms with Crippen molar-refractivity contribution in [2.24, 2.45) is 0 Å². The zero-order chi connectivity index (χ0) is 47.1. The molecule has 0 rings (SSSR count). The molecular weight excluding hydrogens is 816 g/mol. The lowest BCUT2D eigenvalue weighted by atomic mass is 10.0. The van der Waals surface area contributed by atoms with Gasteiger partial charge in [-0.15, -0.1) is 0 Å². The largest absolute Gasteiger partial charge is 0.472 e. The van der Waals surface area contributed by atoms with E-state index < -0.39 is 20.0 Å². The second kappa shape index (κ2) is 46.3. The molecule has 0 bridgehead atoms. The summed E-state index contributed by atoms with van der Waals surface area (Å²) in [6.45, 7) is 4.75. The van der Waals surface area contributed by atoms with Crippen LogP contribution >= 0.6 is 7.82 Å². The van der Waals surface area contributed by atoms with Gasteiger partial charge in [0.05, 0.1) is 39.9 Å². The van der Waals surface area contributed by atoms with E-state index in [9.17, 15) is 19.4 Å². The third-order valence-electron chi connectivity index (χ3n) is 11.7. The van der Waals surface area contributed by atoms with Crippen LogP contribution in [0.15, 0.2) is 60.8 Å². The number of quaternary nitrogens is 1. The molecule has 64 heavy (non-hydrogen) atoms. The van der Waals surface area contributed by atoms with Crippen LogP contribution in [0.3, 0.4) is 0 Å². The maximum Gasteiger partial charge on any atom is 0.472 e. The highest BCUT2D eigenvalue weighted by Gasteiger charge is 2.27. The van der Waals surface area contributed by atoms with Gasteiger partial charge in [-0.1, -0.05) is 209 Å². The number of hydrogen-bond donors (Lipinski definition) is 3. The summed E-state index contributed by atoms with van der Waals surface area (Å²) in [4.78, 5) is 23.2. The molecule has 0 saturated heterocycles. The van der Waals surface area contributed by atoms with Gasteiger partial charge in [-0.2, -0.15) is 0 Å². The number of hydrogen-bond acceptors (Lipinski definition) is 5.